The average molecular weight is 225 g/mol. The van der Waals surface area contributed by atoms with E-state index in [9.17, 15) is 14.0 Å². The molecule has 0 aliphatic rings. The van der Waals surface area contributed by atoms with Crippen LogP contribution in [0.1, 0.15) is 22.8 Å². The number of ketones is 1. The van der Waals surface area contributed by atoms with Crippen LogP contribution < -0.4 is 5.73 Å². The van der Waals surface area contributed by atoms with Crippen molar-refractivity contribution in [2.75, 3.05) is 0 Å². The lowest BCUT2D eigenvalue weighted by atomic mass is 10.0. The minimum absolute atomic E-state index is 0.0979. The van der Waals surface area contributed by atoms with E-state index in [4.69, 9.17) is 10.8 Å². The summed E-state index contributed by atoms with van der Waals surface area (Å²) in [6, 6.07) is 2.79. The molecule has 1 aromatic carbocycles. The first kappa shape index (κ1) is 12.3. The van der Waals surface area contributed by atoms with E-state index in [0.717, 1.165) is 6.07 Å². The molecule has 1 unspecified atom stereocenters. The summed E-state index contributed by atoms with van der Waals surface area (Å²) >= 11 is 0. The van der Waals surface area contributed by atoms with Crippen LogP contribution in [-0.2, 0) is 11.2 Å². The summed E-state index contributed by atoms with van der Waals surface area (Å²) in [6.07, 6.45) is -0.0979. The monoisotopic (exact) mass is 225 g/mol. The number of hydrogen-bond acceptors (Lipinski definition) is 3. The van der Waals surface area contributed by atoms with Crippen LogP contribution in [0.3, 0.4) is 0 Å². The maximum atomic E-state index is 13.4. The Labute approximate surface area is 91.9 Å². The molecule has 1 aromatic rings. The Hall–Kier alpha value is -1.75. The van der Waals surface area contributed by atoms with E-state index in [1.165, 1.54) is 19.1 Å². The number of carboxylic acids is 1. The highest BCUT2D eigenvalue weighted by atomic mass is 19.1. The van der Waals surface area contributed by atoms with Gasteiger partial charge in [-0.15, -0.1) is 0 Å². The van der Waals surface area contributed by atoms with Crippen molar-refractivity contribution in [3.8, 4) is 0 Å². The molecule has 0 saturated carbocycles. The van der Waals surface area contributed by atoms with Crippen LogP contribution in [0.4, 0.5) is 4.39 Å². The maximum Gasteiger partial charge on any atom is 0.320 e. The summed E-state index contributed by atoms with van der Waals surface area (Å²) in [5.74, 6) is -2.03. The van der Waals surface area contributed by atoms with E-state index in [2.05, 4.69) is 0 Å². The van der Waals surface area contributed by atoms with Gasteiger partial charge < -0.3 is 10.8 Å². The van der Waals surface area contributed by atoms with E-state index in [-0.39, 0.29) is 23.3 Å². The van der Waals surface area contributed by atoms with Crippen molar-refractivity contribution in [1.29, 1.82) is 0 Å². The first-order valence-corrected chi connectivity index (χ1v) is 4.69. The number of rotatable bonds is 4. The Morgan fingerprint density at radius 3 is 2.56 bits per heavy atom. The van der Waals surface area contributed by atoms with E-state index >= 15 is 0 Å². The molecule has 0 bridgehead atoms. The summed E-state index contributed by atoms with van der Waals surface area (Å²) in [5.41, 5.74) is 5.73. The lowest BCUT2D eigenvalue weighted by molar-refractivity contribution is -0.138. The van der Waals surface area contributed by atoms with Gasteiger partial charge in [0.1, 0.15) is 11.9 Å². The van der Waals surface area contributed by atoms with Crippen LogP contribution in [0.2, 0.25) is 0 Å². The van der Waals surface area contributed by atoms with Gasteiger partial charge in [0.2, 0.25) is 0 Å². The van der Waals surface area contributed by atoms with Gasteiger partial charge in [0.15, 0.2) is 5.78 Å². The fraction of sp³-hybridized carbons (Fsp3) is 0.273. The molecule has 0 spiro atoms. The first-order valence-electron chi connectivity index (χ1n) is 4.69. The Morgan fingerprint density at radius 2 is 2.12 bits per heavy atom. The van der Waals surface area contributed by atoms with E-state index in [1.54, 1.807) is 0 Å². The zero-order valence-electron chi connectivity index (χ0n) is 8.74. The van der Waals surface area contributed by atoms with Gasteiger partial charge >= 0.3 is 5.97 Å². The lowest BCUT2D eigenvalue weighted by Crippen LogP contribution is -2.32. The number of aliphatic carboxylic acids is 1. The number of halogens is 1. The third kappa shape index (κ3) is 2.87. The number of nitrogens with two attached hydrogens (primary N) is 1. The minimum atomic E-state index is -1.19. The smallest absolute Gasteiger partial charge is 0.320 e. The number of carboxylic acid groups (broad SMARTS) is 1. The zero-order chi connectivity index (χ0) is 12.3. The lowest BCUT2D eigenvalue weighted by Gasteiger charge is -2.08. The van der Waals surface area contributed by atoms with Crippen molar-refractivity contribution < 1.29 is 19.1 Å². The zero-order valence-corrected chi connectivity index (χ0v) is 8.74. The van der Waals surface area contributed by atoms with Gasteiger partial charge in [-0.2, -0.15) is 0 Å². The normalized spacial score (nSPS) is 12.2. The standard InChI is InChI=1S/C11H12FNO3/c1-6(14)7-2-3-8(9(12)4-7)5-10(13)11(15)16/h2-4,10H,5,13H2,1H3,(H,15,16). The Morgan fingerprint density at radius 1 is 1.50 bits per heavy atom. The summed E-state index contributed by atoms with van der Waals surface area (Å²) in [7, 11) is 0. The van der Waals surface area contributed by atoms with Gasteiger partial charge in [0.25, 0.3) is 0 Å². The Kier molecular flexibility index (Phi) is 3.73. The first-order chi connectivity index (χ1) is 7.41. The van der Waals surface area contributed by atoms with Crippen molar-refractivity contribution in [2.45, 2.75) is 19.4 Å². The van der Waals surface area contributed by atoms with Crippen molar-refractivity contribution in [1.82, 2.24) is 0 Å². The van der Waals surface area contributed by atoms with E-state index in [0.29, 0.717) is 0 Å². The fourth-order valence-corrected chi connectivity index (χ4v) is 1.26. The summed E-state index contributed by atoms with van der Waals surface area (Å²) < 4.78 is 13.4. The molecule has 0 saturated heterocycles. The summed E-state index contributed by atoms with van der Waals surface area (Å²) in [5, 5.41) is 8.58. The molecule has 0 amide bonds. The van der Waals surface area contributed by atoms with Crippen LogP contribution in [0.25, 0.3) is 0 Å². The van der Waals surface area contributed by atoms with Gasteiger partial charge in [0.05, 0.1) is 0 Å². The SMILES string of the molecule is CC(=O)c1ccc(CC(N)C(=O)O)c(F)c1. The topological polar surface area (TPSA) is 80.4 Å². The highest BCUT2D eigenvalue weighted by molar-refractivity contribution is 5.94. The van der Waals surface area contributed by atoms with Gasteiger partial charge in [-0.1, -0.05) is 12.1 Å². The molecule has 0 aromatic heterocycles. The number of carbonyl (C=O) groups is 2. The summed E-state index contributed by atoms with van der Waals surface area (Å²) in [6.45, 7) is 1.33. The largest absolute Gasteiger partial charge is 0.480 e. The van der Waals surface area contributed by atoms with Crippen LogP contribution in [0.15, 0.2) is 18.2 Å². The second kappa shape index (κ2) is 4.85. The van der Waals surface area contributed by atoms with E-state index in [1.807, 2.05) is 0 Å². The summed E-state index contributed by atoms with van der Waals surface area (Å²) in [4.78, 5) is 21.4. The third-order valence-corrected chi connectivity index (χ3v) is 2.22. The van der Waals surface area contributed by atoms with Crippen molar-refractivity contribution in [3.63, 3.8) is 0 Å². The Bertz CT molecular complexity index is 431. The number of Topliss-reactive ketones (excluding diaryl/α,β-unsaturated/α-hetero) is 1. The molecule has 4 nitrogen and oxygen atoms in total. The molecule has 5 heteroatoms. The molecule has 0 heterocycles. The molecular formula is C11H12FNO3. The predicted molar refractivity (Wildman–Crippen MR) is 55.7 cm³/mol. The van der Waals surface area contributed by atoms with Crippen molar-refractivity contribution in [3.05, 3.63) is 35.1 Å². The second-order valence-corrected chi connectivity index (χ2v) is 3.51. The molecule has 0 radical (unpaired) electrons. The molecule has 3 N–H and O–H groups in total. The molecule has 0 aliphatic heterocycles. The number of carbonyl (C=O) groups excluding carboxylic acids is 1. The minimum Gasteiger partial charge on any atom is -0.480 e. The number of benzene rings is 1. The van der Waals surface area contributed by atoms with Gasteiger partial charge in [0, 0.05) is 12.0 Å². The van der Waals surface area contributed by atoms with Crippen LogP contribution >= 0.6 is 0 Å². The number of hydrogen-bond donors (Lipinski definition) is 2. The molecule has 0 aliphatic carbocycles. The molecule has 1 rings (SSSR count). The highest BCUT2D eigenvalue weighted by Crippen LogP contribution is 2.12. The van der Waals surface area contributed by atoms with Gasteiger partial charge in [-0.3, -0.25) is 9.59 Å². The molecule has 1 atom stereocenters. The van der Waals surface area contributed by atoms with Crippen molar-refractivity contribution >= 4 is 11.8 Å². The maximum absolute atomic E-state index is 13.4. The Balaban J connectivity index is 2.91. The van der Waals surface area contributed by atoms with Crippen molar-refractivity contribution in [2.24, 2.45) is 5.73 Å². The van der Waals surface area contributed by atoms with Crippen LogP contribution in [-0.4, -0.2) is 22.9 Å². The molecular weight excluding hydrogens is 213 g/mol. The van der Waals surface area contributed by atoms with Crippen LogP contribution in [0, 0.1) is 5.82 Å². The predicted octanol–water partition coefficient (Wildman–Crippen LogP) is 0.983. The van der Waals surface area contributed by atoms with Gasteiger partial charge in [-0.05, 0) is 18.6 Å². The van der Waals surface area contributed by atoms with Crippen LogP contribution in [0.5, 0.6) is 0 Å². The molecule has 86 valence electrons. The molecule has 16 heavy (non-hydrogen) atoms. The van der Waals surface area contributed by atoms with Gasteiger partial charge in [-0.25, -0.2) is 4.39 Å². The van der Waals surface area contributed by atoms with E-state index < -0.39 is 17.8 Å². The quantitative estimate of drug-likeness (QED) is 0.748. The highest BCUT2D eigenvalue weighted by Gasteiger charge is 2.15. The average Bonchev–Trinajstić information content (AvgIpc) is 2.20. The molecule has 0 fully saturated rings. The fourth-order valence-electron chi connectivity index (χ4n) is 1.26. The second-order valence-electron chi connectivity index (χ2n) is 3.51. The third-order valence-electron chi connectivity index (χ3n) is 2.22.